The normalized spacial score (nSPS) is 20.6. The molecule has 0 aromatic heterocycles. The molecule has 5 nitrogen and oxygen atoms in total. The smallest absolute Gasteiger partial charge is 0.280 e. The zero-order valence-electron chi connectivity index (χ0n) is 12.8. The van der Waals surface area contributed by atoms with Crippen LogP contribution in [0.25, 0.3) is 0 Å². The molecule has 1 saturated heterocycles. The maximum absolute atomic E-state index is 12.5. The molecule has 1 aliphatic heterocycles. The fraction of sp³-hybridized carbons (Fsp3) is 0.600. The maximum Gasteiger partial charge on any atom is 0.280 e. The van der Waals surface area contributed by atoms with E-state index in [1.165, 1.54) is 0 Å². The van der Waals surface area contributed by atoms with E-state index in [4.69, 9.17) is 0 Å². The van der Waals surface area contributed by atoms with Gasteiger partial charge in [-0.3, -0.25) is 0 Å². The molecule has 2 N–H and O–H groups in total. The number of hydrogen-bond acceptors (Lipinski definition) is 3. The maximum atomic E-state index is 12.5. The Kier molecular flexibility index (Phi) is 5.75. The third-order valence-electron chi connectivity index (χ3n) is 3.86. The van der Waals surface area contributed by atoms with Crippen LogP contribution in [0.4, 0.5) is 0 Å². The summed E-state index contributed by atoms with van der Waals surface area (Å²) in [6, 6.07) is 7.95. The van der Waals surface area contributed by atoms with Crippen LogP contribution >= 0.6 is 0 Å². The minimum atomic E-state index is -3.42. The van der Waals surface area contributed by atoms with Crippen LogP contribution in [-0.4, -0.2) is 38.9 Å². The van der Waals surface area contributed by atoms with Crippen molar-refractivity contribution in [1.29, 1.82) is 0 Å². The van der Waals surface area contributed by atoms with Gasteiger partial charge in [-0.25, -0.2) is 0 Å². The Morgan fingerprint density at radius 2 is 2.14 bits per heavy atom. The van der Waals surface area contributed by atoms with Gasteiger partial charge in [-0.2, -0.15) is 17.4 Å². The van der Waals surface area contributed by atoms with E-state index >= 15 is 0 Å². The molecule has 0 amide bonds. The first-order chi connectivity index (χ1) is 10.0. The number of rotatable bonds is 6. The molecule has 6 heteroatoms. The van der Waals surface area contributed by atoms with Gasteiger partial charge in [0, 0.05) is 25.7 Å². The van der Waals surface area contributed by atoms with Crippen molar-refractivity contribution in [1.82, 2.24) is 14.3 Å². The highest BCUT2D eigenvalue weighted by Gasteiger charge is 2.31. The highest BCUT2D eigenvalue weighted by atomic mass is 32.2. The molecule has 1 heterocycles. The van der Waals surface area contributed by atoms with Gasteiger partial charge < -0.3 is 5.32 Å². The summed E-state index contributed by atoms with van der Waals surface area (Å²) in [5, 5.41) is 3.09. The van der Waals surface area contributed by atoms with Crippen LogP contribution in [0.2, 0.25) is 0 Å². The van der Waals surface area contributed by atoms with Crippen LogP contribution in [0.5, 0.6) is 0 Å². The van der Waals surface area contributed by atoms with Gasteiger partial charge in [0.05, 0.1) is 0 Å². The van der Waals surface area contributed by atoms with Gasteiger partial charge in [-0.15, -0.1) is 0 Å². The van der Waals surface area contributed by atoms with E-state index in [0.717, 1.165) is 30.4 Å². The van der Waals surface area contributed by atoms with E-state index in [2.05, 4.69) is 10.0 Å². The van der Waals surface area contributed by atoms with E-state index in [1.807, 2.05) is 38.2 Å². The monoisotopic (exact) mass is 311 g/mol. The van der Waals surface area contributed by atoms with Gasteiger partial charge in [0.25, 0.3) is 10.2 Å². The molecule has 1 unspecified atom stereocenters. The fourth-order valence-electron chi connectivity index (χ4n) is 2.81. The van der Waals surface area contributed by atoms with Crippen molar-refractivity contribution in [3.05, 3.63) is 35.4 Å². The first-order valence-corrected chi connectivity index (χ1v) is 8.93. The Bertz CT molecular complexity index is 558. The Labute approximate surface area is 127 Å². The Balaban J connectivity index is 2.02. The Hall–Kier alpha value is -0.950. The summed E-state index contributed by atoms with van der Waals surface area (Å²) in [7, 11) is -1.56. The second kappa shape index (κ2) is 7.35. The number of benzene rings is 1. The fourth-order valence-corrected chi connectivity index (χ4v) is 4.27. The molecule has 0 bridgehead atoms. The first kappa shape index (κ1) is 16.4. The molecular weight excluding hydrogens is 286 g/mol. The molecule has 1 aliphatic rings. The summed E-state index contributed by atoms with van der Waals surface area (Å²) < 4.78 is 29.4. The molecule has 2 rings (SSSR count). The number of piperidine rings is 1. The summed E-state index contributed by atoms with van der Waals surface area (Å²) in [5.74, 6) is 0. The standard InChI is InChI=1S/C15H25N3O2S/c1-13-6-5-7-14(10-13)11-17-21(19,20)18-9-4-3-8-15(18)12-16-2/h5-7,10,15-17H,3-4,8-9,11-12H2,1-2H3. The van der Waals surface area contributed by atoms with Crippen LogP contribution in [0.1, 0.15) is 30.4 Å². The molecule has 118 valence electrons. The van der Waals surface area contributed by atoms with Crippen molar-refractivity contribution in [2.75, 3.05) is 20.1 Å². The minimum Gasteiger partial charge on any atom is -0.318 e. The van der Waals surface area contributed by atoms with E-state index < -0.39 is 10.2 Å². The predicted octanol–water partition coefficient (Wildman–Crippen LogP) is 1.40. The van der Waals surface area contributed by atoms with E-state index in [1.54, 1.807) is 4.31 Å². The molecule has 1 aromatic carbocycles. The Morgan fingerprint density at radius 3 is 2.86 bits per heavy atom. The van der Waals surface area contributed by atoms with Crippen LogP contribution in [-0.2, 0) is 16.8 Å². The average Bonchev–Trinajstić information content (AvgIpc) is 2.46. The number of likely N-dealkylation sites (N-methyl/N-ethyl adjacent to an activating group) is 1. The van der Waals surface area contributed by atoms with E-state index in [0.29, 0.717) is 19.6 Å². The first-order valence-electron chi connectivity index (χ1n) is 7.49. The van der Waals surface area contributed by atoms with Gasteiger partial charge in [0.1, 0.15) is 0 Å². The van der Waals surface area contributed by atoms with Gasteiger partial charge in [0.2, 0.25) is 0 Å². The van der Waals surface area contributed by atoms with Gasteiger partial charge in [-0.05, 0) is 32.4 Å². The van der Waals surface area contributed by atoms with Gasteiger partial charge in [0.15, 0.2) is 0 Å². The number of aryl methyl sites for hydroxylation is 1. The van der Waals surface area contributed by atoms with Crippen LogP contribution < -0.4 is 10.0 Å². The Morgan fingerprint density at radius 1 is 1.33 bits per heavy atom. The highest BCUT2D eigenvalue weighted by Crippen LogP contribution is 2.19. The quantitative estimate of drug-likeness (QED) is 0.835. The number of nitrogens with one attached hydrogen (secondary N) is 2. The average molecular weight is 311 g/mol. The van der Waals surface area contributed by atoms with Crippen molar-refractivity contribution in [3.8, 4) is 0 Å². The molecule has 0 radical (unpaired) electrons. The predicted molar refractivity (Wildman–Crippen MR) is 85.2 cm³/mol. The number of hydrogen-bond donors (Lipinski definition) is 2. The summed E-state index contributed by atoms with van der Waals surface area (Å²) in [5.41, 5.74) is 2.12. The number of nitrogens with zero attached hydrogens (tertiary/aromatic N) is 1. The third-order valence-corrected chi connectivity index (χ3v) is 5.47. The van der Waals surface area contributed by atoms with Crippen molar-refractivity contribution < 1.29 is 8.42 Å². The van der Waals surface area contributed by atoms with Crippen LogP contribution in [0.15, 0.2) is 24.3 Å². The van der Waals surface area contributed by atoms with Crippen LogP contribution in [0.3, 0.4) is 0 Å². The van der Waals surface area contributed by atoms with Crippen molar-refractivity contribution in [3.63, 3.8) is 0 Å². The molecule has 0 aliphatic carbocycles. The lowest BCUT2D eigenvalue weighted by Gasteiger charge is -2.34. The molecule has 1 atom stereocenters. The van der Waals surface area contributed by atoms with Crippen LogP contribution in [0, 0.1) is 6.92 Å². The highest BCUT2D eigenvalue weighted by molar-refractivity contribution is 7.87. The second-order valence-corrected chi connectivity index (χ2v) is 7.34. The summed E-state index contributed by atoms with van der Waals surface area (Å²) in [6.45, 7) is 3.65. The molecule has 21 heavy (non-hydrogen) atoms. The lowest BCUT2D eigenvalue weighted by atomic mass is 10.1. The zero-order valence-corrected chi connectivity index (χ0v) is 13.6. The zero-order chi connectivity index (χ0) is 15.3. The SMILES string of the molecule is CNCC1CCCCN1S(=O)(=O)NCc1cccc(C)c1. The summed E-state index contributed by atoms with van der Waals surface area (Å²) in [4.78, 5) is 0. The molecular formula is C15H25N3O2S. The molecule has 1 aromatic rings. The summed E-state index contributed by atoms with van der Waals surface area (Å²) in [6.07, 6.45) is 2.95. The van der Waals surface area contributed by atoms with Crippen molar-refractivity contribution in [2.45, 2.75) is 38.8 Å². The lowest BCUT2D eigenvalue weighted by molar-refractivity contribution is 0.246. The molecule has 1 fully saturated rings. The van der Waals surface area contributed by atoms with Crippen molar-refractivity contribution in [2.24, 2.45) is 0 Å². The van der Waals surface area contributed by atoms with Crippen molar-refractivity contribution >= 4 is 10.2 Å². The third kappa shape index (κ3) is 4.51. The largest absolute Gasteiger partial charge is 0.318 e. The molecule has 0 saturated carbocycles. The second-order valence-electron chi connectivity index (χ2n) is 5.63. The van der Waals surface area contributed by atoms with Gasteiger partial charge >= 0.3 is 0 Å². The van der Waals surface area contributed by atoms with E-state index in [9.17, 15) is 8.42 Å². The lowest BCUT2D eigenvalue weighted by Crippen LogP contribution is -2.51. The van der Waals surface area contributed by atoms with Gasteiger partial charge in [-0.1, -0.05) is 36.2 Å². The minimum absolute atomic E-state index is 0.0544. The summed E-state index contributed by atoms with van der Waals surface area (Å²) >= 11 is 0. The topological polar surface area (TPSA) is 61.4 Å². The molecule has 0 spiro atoms. The van der Waals surface area contributed by atoms with E-state index in [-0.39, 0.29) is 6.04 Å².